The highest BCUT2D eigenvalue weighted by molar-refractivity contribution is 5.83. The van der Waals surface area contributed by atoms with E-state index >= 15 is 0 Å². The van der Waals surface area contributed by atoms with Crippen molar-refractivity contribution in [3.05, 3.63) is 0 Å². The molecule has 0 aromatic heterocycles. The standard InChI is InChI=1S/C14H23NO3/c16-13(17)10-15(12-8-9-12)14(18)11-6-4-2-1-3-5-7-11/h11-12H,1-10H2,(H,16,17). The first-order valence-corrected chi connectivity index (χ1v) is 7.21. The topological polar surface area (TPSA) is 57.6 Å². The Balaban J connectivity index is 1.94. The van der Waals surface area contributed by atoms with E-state index in [1.54, 1.807) is 4.90 Å². The molecule has 1 amide bonds. The van der Waals surface area contributed by atoms with Crippen LogP contribution in [-0.2, 0) is 9.59 Å². The monoisotopic (exact) mass is 253 g/mol. The molecule has 2 fully saturated rings. The summed E-state index contributed by atoms with van der Waals surface area (Å²) in [6.07, 6.45) is 9.78. The van der Waals surface area contributed by atoms with Crippen LogP contribution >= 0.6 is 0 Å². The van der Waals surface area contributed by atoms with Crippen LogP contribution in [0.3, 0.4) is 0 Å². The smallest absolute Gasteiger partial charge is 0.323 e. The lowest BCUT2D eigenvalue weighted by Crippen LogP contribution is -2.41. The zero-order chi connectivity index (χ0) is 13.0. The normalized spacial score (nSPS) is 22.0. The Kier molecular flexibility index (Phi) is 4.61. The Hall–Kier alpha value is -1.06. The molecular formula is C14H23NO3. The zero-order valence-electron chi connectivity index (χ0n) is 10.9. The second-order valence-electron chi connectivity index (χ2n) is 5.63. The molecule has 0 bridgehead atoms. The SMILES string of the molecule is O=C(O)CN(C(=O)C1CCCCCCC1)C1CC1. The van der Waals surface area contributed by atoms with Gasteiger partial charge in [0.1, 0.15) is 6.54 Å². The van der Waals surface area contributed by atoms with E-state index in [0.717, 1.165) is 38.5 Å². The van der Waals surface area contributed by atoms with Gasteiger partial charge in [0.15, 0.2) is 0 Å². The number of hydrogen-bond donors (Lipinski definition) is 1. The van der Waals surface area contributed by atoms with Crippen molar-refractivity contribution in [2.45, 2.75) is 63.8 Å². The highest BCUT2D eigenvalue weighted by Gasteiger charge is 2.36. The lowest BCUT2D eigenvalue weighted by molar-refractivity contribution is -0.147. The number of carbonyl (C=O) groups excluding carboxylic acids is 1. The molecule has 2 aliphatic rings. The molecular weight excluding hydrogens is 230 g/mol. The molecule has 1 N–H and O–H groups in total. The minimum atomic E-state index is -0.888. The molecule has 0 aliphatic heterocycles. The summed E-state index contributed by atoms with van der Waals surface area (Å²) in [4.78, 5) is 24.9. The Morgan fingerprint density at radius 2 is 1.50 bits per heavy atom. The van der Waals surface area contributed by atoms with E-state index in [-0.39, 0.29) is 24.4 Å². The third kappa shape index (κ3) is 3.72. The summed E-state index contributed by atoms with van der Waals surface area (Å²) in [6, 6.07) is 0.207. The molecule has 2 saturated carbocycles. The number of nitrogens with zero attached hydrogens (tertiary/aromatic N) is 1. The fourth-order valence-electron chi connectivity index (χ4n) is 2.86. The van der Waals surface area contributed by atoms with Crippen LogP contribution in [0.4, 0.5) is 0 Å². The average molecular weight is 253 g/mol. The summed E-state index contributed by atoms with van der Waals surface area (Å²) >= 11 is 0. The molecule has 0 radical (unpaired) electrons. The summed E-state index contributed by atoms with van der Waals surface area (Å²) in [5.74, 6) is -0.715. The highest BCUT2D eigenvalue weighted by Crippen LogP contribution is 2.31. The van der Waals surface area contributed by atoms with Gasteiger partial charge in [-0.2, -0.15) is 0 Å². The number of aliphatic carboxylic acids is 1. The van der Waals surface area contributed by atoms with Crippen LogP contribution in [0.1, 0.15) is 57.8 Å². The first-order chi connectivity index (χ1) is 8.68. The van der Waals surface area contributed by atoms with Crippen LogP contribution in [0, 0.1) is 5.92 Å². The van der Waals surface area contributed by atoms with Crippen molar-refractivity contribution in [3.8, 4) is 0 Å². The second-order valence-corrected chi connectivity index (χ2v) is 5.63. The summed E-state index contributed by atoms with van der Waals surface area (Å²) < 4.78 is 0. The molecule has 2 rings (SSSR count). The molecule has 2 aliphatic carbocycles. The summed E-state index contributed by atoms with van der Waals surface area (Å²) in [6.45, 7) is -0.111. The molecule has 0 saturated heterocycles. The summed E-state index contributed by atoms with van der Waals surface area (Å²) in [5, 5.41) is 8.91. The van der Waals surface area contributed by atoms with E-state index < -0.39 is 5.97 Å². The van der Waals surface area contributed by atoms with E-state index in [9.17, 15) is 9.59 Å². The van der Waals surface area contributed by atoms with Gasteiger partial charge >= 0.3 is 5.97 Å². The Labute approximate surface area is 108 Å². The lowest BCUT2D eigenvalue weighted by Gasteiger charge is -2.27. The molecule has 102 valence electrons. The third-order valence-electron chi connectivity index (χ3n) is 4.03. The largest absolute Gasteiger partial charge is 0.480 e. The number of amides is 1. The first kappa shape index (κ1) is 13.4. The van der Waals surface area contributed by atoms with Crippen LogP contribution in [-0.4, -0.2) is 34.5 Å². The van der Waals surface area contributed by atoms with E-state index in [1.165, 1.54) is 19.3 Å². The van der Waals surface area contributed by atoms with Crippen LogP contribution in [0.5, 0.6) is 0 Å². The molecule has 0 spiro atoms. The van der Waals surface area contributed by atoms with Gasteiger partial charge in [0.05, 0.1) is 0 Å². The molecule has 4 nitrogen and oxygen atoms in total. The Morgan fingerprint density at radius 3 is 2.00 bits per heavy atom. The number of carboxylic acids is 1. The molecule has 0 atom stereocenters. The molecule has 0 aromatic rings. The fraction of sp³-hybridized carbons (Fsp3) is 0.857. The van der Waals surface area contributed by atoms with Crippen molar-refractivity contribution >= 4 is 11.9 Å². The maximum atomic E-state index is 12.4. The minimum Gasteiger partial charge on any atom is -0.480 e. The molecule has 4 heteroatoms. The van der Waals surface area contributed by atoms with Crippen LogP contribution in [0.15, 0.2) is 0 Å². The predicted molar refractivity (Wildman–Crippen MR) is 68.2 cm³/mol. The Morgan fingerprint density at radius 1 is 0.944 bits per heavy atom. The van der Waals surface area contributed by atoms with Gasteiger partial charge in [-0.05, 0) is 25.7 Å². The number of hydrogen-bond acceptors (Lipinski definition) is 2. The molecule has 0 unspecified atom stereocenters. The van der Waals surface area contributed by atoms with Crippen LogP contribution in [0.2, 0.25) is 0 Å². The molecule has 18 heavy (non-hydrogen) atoms. The van der Waals surface area contributed by atoms with E-state index in [1.807, 2.05) is 0 Å². The molecule has 0 aromatic carbocycles. The minimum absolute atomic E-state index is 0.0743. The van der Waals surface area contributed by atoms with Gasteiger partial charge in [0, 0.05) is 12.0 Å². The maximum absolute atomic E-state index is 12.4. The number of carboxylic acid groups (broad SMARTS) is 1. The number of carbonyl (C=O) groups is 2. The van der Waals surface area contributed by atoms with E-state index in [4.69, 9.17) is 5.11 Å². The van der Waals surface area contributed by atoms with E-state index in [2.05, 4.69) is 0 Å². The van der Waals surface area contributed by atoms with Crippen molar-refractivity contribution in [3.63, 3.8) is 0 Å². The van der Waals surface area contributed by atoms with Crippen LogP contribution in [0.25, 0.3) is 0 Å². The molecule has 0 heterocycles. The van der Waals surface area contributed by atoms with Gasteiger partial charge in [-0.3, -0.25) is 9.59 Å². The fourth-order valence-corrected chi connectivity index (χ4v) is 2.86. The summed E-state index contributed by atoms with van der Waals surface area (Å²) in [7, 11) is 0. The van der Waals surface area contributed by atoms with Crippen molar-refractivity contribution in [2.75, 3.05) is 6.54 Å². The predicted octanol–water partition coefficient (Wildman–Crippen LogP) is 2.42. The van der Waals surface area contributed by atoms with Crippen LogP contribution < -0.4 is 0 Å². The second kappa shape index (κ2) is 6.21. The van der Waals surface area contributed by atoms with Gasteiger partial charge in [-0.25, -0.2) is 0 Å². The van der Waals surface area contributed by atoms with Gasteiger partial charge < -0.3 is 10.0 Å². The number of rotatable bonds is 4. The van der Waals surface area contributed by atoms with Crippen molar-refractivity contribution in [1.29, 1.82) is 0 Å². The summed E-state index contributed by atoms with van der Waals surface area (Å²) in [5.41, 5.74) is 0. The van der Waals surface area contributed by atoms with Crippen molar-refractivity contribution < 1.29 is 14.7 Å². The maximum Gasteiger partial charge on any atom is 0.323 e. The Bertz CT molecular complexity index is 304. The van der Waals surface area contributed by atoms with Gasteiger partial charge in [0.2, 0.25) is 5.91 Å². The quantitative estimate of drug-likeness (QED) is 0.837. The first-order valence-electron chi connectivity index (χ1n) is 7.21. The van der Waals surface area contributed by atoms with Gasteiger partial charge in [0.25, 0.3) is 0 Å². The highest BCUT2D eigenvalue weighted by atomic mass is 16.4. The van der Waals surface area contributed by atoms with E-state index in [0.29, 0.717) is 0 Å². The average Bonchev–Trinajstić information content (AvgIpc) is 3.08. The van der Waals surface area contributed by atoms with Crippen molar-refractivity contribution in [1.82, 2.24) is 4.90 Å². The van der Waals surface area contributed by atoms with Gasteiger partial charge in [-0.15, -0.1) is 0 Å². The van der Waals surface area contributed by atoms with Gasteiger partial charge in [-0.1, -0.05) is 32.1 Å². The zero-order valence-corrected chi connectivity index (χ0v) is 10.9. The van der Waals surface area contributed by atoms with Crippen molar-refractivity contribution in [2.24, 2.45) is 5.92 Å². The third-order valence-corrected chi connectivity index (χ3v) is 4.03. The lowest BCUT2D eigenvalue weighted by atomic mass is 9.90.